The van der Waals surface area contributed by atoms with Gasteiger partial charge in [0.05, 0.1) is 15.5 Å². The highest BCUT2D eigenvalue weighted by atomic mass is 35.5. The molecule has 0 unspecified atom stereocenters. The first-order chi connectivity index (χ1) is 12.5. The van der Waals surface area contributed by atoms with Gasteiger partial charge in [-0.05, 0) is 32.0 Å². The Bertz CT molecular complexity index is 1070. The van der Waals surface area contributed by atoms with Gasteiger partial charge in [0.15, 0.2) is 9.84 Å². The predicted molar refractivity (Wildman–Crippen MR) is 98.7 cm³/mol. The van der Waals surface area contributed by atoms with E-state index in [0.29, 0.717) is 5.56 Å². The topological polar surface area (TPSA) is 69.7 Å². The van der Waals surface area contributed by atoms with Crippen LogP contribution in [0.15, 0.2) is 53.1 Å². The van der Waals surface area contributed by atoms with Crippen LogP contribution >= 0.6 is 11.6 Å². The first-order valence-electron chi connectivity index (χ1n) is 7.91. The molecule has 0 bridgehead atoms. The highest BCUT2D eigenvalue weighted by Gasteiger charge is 2.44. The van der Waals surface area contributed by atoms with Crippen LogP contribution in [0, 0.1) is 5.82 Å². The molecule has 1 aliphatic heterocycles. The van der Waals surface area contributed by atoms with Crippen molar-refractivity contribution in [1.82, 2.24) is 0 Å². The third kappa shape index (κ3) is 3.70. The van der Waals surface area contributed by atoms with E-state index in [1.54, 1.807) is 32.0 Å². The predicted octanol–water partition coefficient (Wildman–Crippen LogP) is 4.01. The van der Waals surface area contributed by atoms with E-state index in [1.807, 2.05) is 0 Å². The summed E-state index contributed by atoms with van der Waals surface area (Å²) in [4.78, 5) is 12.5. The molecule has 0 atom stereocenters. The summed E-state index contributed by atoms with van der Waals surface area (Å²) in [5.41, 5.74) is -0.537. The van der Waals surface area contributed by atoms with Crippen molar-refractivity contribution in [2.24, 2.45) is 0 Å². The zero-order valence-electron chi connectivity index (χ0n) is 14.7. The minimum atomic E-state index is -3.57. The standard InChI is InChI=1S/C19H16ClFO5S/c1-19(2)16(12-6-4-5-7-15(12)27(3,23)24)17(18(22)26-19)25-11-8-9-14(21)13(20)10-11/h4-10H,1-3H3. The number of ether oxygens (including phenoxy) is 2. The summed E-state index contributed by atoms with van der Waals surface area (Å²) in [6.45, 7) is 3.26. The van der Waals surface area contributed by atoms with Crippen LogP contribution < -0.4 is 4.74 Å². The van der Waals surface area contributed by atoms with Gasteiger partial charge in [-0.2, -0.15) is 0 Å². The molecule has 2 aromatic carbocycles. The van der Waals surface area contributed by atoms with Crippen molar-refractivity contribution in [2.45, 2.75) is 24.3 Å². The summed E-state index contributed by atoms with van der Waals surface area (Å²) in [7, 11) is -3.57. The van der Waals surface area contributed by atoms with E-state index in [2.05, 4.69) is 0 Å². The molecule has 0 saturated carbocycles. The van der Waals surface area contributed by atoms with E-state index in [4.69, 9.17) is 21.1 Å². The Balaban J connectivity index is 2.22. The number of benzene rings is 2. The minimum Gasteiger partial charge on any atom is -0.449 e. The van der Waals surface area contributed by atoms with Crippen molar-refractivity contribution in [1.29, 1.82) is 0 Å². The lowest BCUT2D eigenvalue weighted by molar-refractivity contribution is -0.145. The highest BCUT2D eigenvalue weighted by Crippen LogP contribution is 2.42. The van der Waals surface area contributed by atoms with E-state index in [-0.39, 0.29) is 27.0 Å². The Morgan fingerprint density at radius 1 is 1.15 bits per heavy atom. The molecule has 0 N–H and O–H groups in total. The average Bonchev–Trinajstić information content (AvgIpc) is 2.78. The van der Waals surface area contributed by atoms with Crippen LogP contribution in [0.25, 0.3) is 5.57 Å². The van der Waals surface area contributed by atoms with Crippen molar-refractivity contribution >= 4 is 33.0 Å². The SMILES string of the molecule is CC1(C)OC(=O)C(Oc2ccc(F)c(Cl)c2)=C1c1ccccc1S(C)(=O)=O. The number of halogens is 2. The molecule has 0 aromatic heterocycles. The maximum atomic E-state index is 13.4. The third-order valence-corrected chi connectivity index (χ3v) is 5.47. The van der Waals surface area contributed by atoms with Gasteiger partial charge >= 0.3 is 5.97 Å². The van der Waals surface area contributed by atoms with E-state index >= 15 is 0 Å². The molecule has 27 heavy (non-hydrogen) atoms. The zero-order valence-corrected chi connectivity index (χ0v) is 16.3. The van der Waals surface area contributed by atoms with Gasteiger partial charge in [-0.1, -0.05) is 29.8 Å². The summed E-state index contributed by atoms with van der Waals surface area (Å²) < 4.78 is 48.8. The van der Waals surface area contributed by atoms with Gasteiger partial charge in [-0.3, -0.25) is 0 Å². The molecule has 1 heterocycles. The fourth-order valence-electron chi connectivity index (χ4n) is 2.90. The number of rotatable bonds is 4. The second kappa shape index (κ2) is 6.65. The quantitative estimate of drug-likeness (QED) is 0.712. The summed E-state index contributed by atoms with van der Waals surface area (Å²) in [6, 6.07) is 9.91. The fourth-order valence-corrected chi connectivity index (χ4v) is 3.96. The van der Waals surface area contributed by atoms with Gasteiger partial charge in [0.25, 0.3) is 0 Å². The summed E-state index contributed by atoms with van der Waals surface area (Å²) in [6.07, 6.45) is 1.08. The van der Waals surface area contributed by atoms with Crippen LogP contribution in [0.3, 0.4) is 0 Å². The Morgan fingerprint density at radius 2 is 1.81 bits per heavy atom. The molecule has 1 aliphatic rings. The molecule has 0 spiro atoms. The van der Waals surface area contributed by atoms with E-state index in [0.717, 1.165) is 12.3 Å². The largest absolute Gasteiger partial charge is 0.449 e. The van der Waals surface area contributed by atoms with Crippen molar-refractivity contribution in [3.05, 3.63) is 64.6 Å². The number of esters is 1. The second-order valence-corrected chi connectivity index (χ2v) is 8.94. The molecule has 0 aliphatic carbocycles. The first-order valence-corrected chi connectivity index (χ1v) is 10.2. The summed E-state index contributed by atoms with van der Waals surface area (Å²) >= 11 is 5.76. The normalized spacial score (nSPS) is 16.4. The Labute approximate surface area is 161 Å². The second-order valence-electron chi connectivity index (χ2n) is 6.55. The number of cyclic esters (lactones) is 1. The Hall–Kier alpha value is -2.38. The molecule has 0 saturated heterocycles. The lowest BCUT2D eigenvalue weighted by Gasteiger charge is -2.22. The molecular formula is C19H16ClFO5S. The smallest absolute Gasteiger partial charge is 0.375 e. The van der Waals surface area contributed by atoms with E-state index in [9.17, 15) is 17.6 Å². The number of hydrogen-bond donors (Lipinski definition) is 0. The number of carbonyl (C=O) groups excluding carboxylic acids is 1. The van der Waals surface area contributed by atoms with Gasteiger partial charge in [0, 0.05) is 17.9 Å². The van der Waals surface area contributed by atoms with E-state index < -0.39 is 27.2 Å². The molecule has 2 aromatic rings. The molecule has 5 nitrogen and oxygen atoms in total. The molecule has 0 radical (unpaired) electrons. The van der Waals surface area contributed by atoms with Crippen LogP contribution in [0.5, 0.6) is 5.75 Å². The summed E-state index contributed by atoms with van der Waals surface area (Å²) in [5, 5.41) is -0.170. The van der Waals surface area contributed by atoms with Gasteiger partial charge < -0.3 is 9.47 Å². The molecule has 3 rings (SSSR count). The monoisotopic (exact) mass is 410 g/mol. The first kappa shape index (κ1) is 19.4. The molecule has 0 amide bonds. The van der Waals surface area contributed by atoms with Crippen LogP contribution in [0.1, 0.15) is 19.4 Å². The van der Waals surface area contributed by atoms with Gasteiger partial charge in [0.2, 0.25) is 5.76 Å². The van der Waals surface area contributed by atoms with Gasteiger partial charge in [0.1, 0.15) is 17.2 Å². The van der Waals surface area contributed by atoms with Gasteiger partial charge in [-0.15, -0.1) is 0 Å². The van der Waals surface area contributed by atoms with Crippen LogP contribution in [0.2, 0.25) is 5.02 Å². The summed E-state index contributed by atoms with van der Waals surface area (Å²) in [5.74, 6) is -1.42. The molecule has 0 fully saturated rings. The molecule has 8 heteroatoms. The van der Waals surface area contributed by atoms with Crippen molar-refractivity contribution in [3.63, 3.8) is 0 Å². The van der Waals surface area contributed by atoms with Gasteiger partial charge in [-0.25, -0.2) is 17.6 Å². The van der Waals surface area contributed by atoms with E-state index in [1.165, 1.54) is 18.2 Å². The zero-order chi connectivity index (χ0) is 20.0. The maximum Gasteiger partial charge on any atom is 0.375 e. The Kier molecular flexibility index (Phi) is 4.78. The average molecular weight is 411 g/mol. The molecule has 142 valence electrons. The van der Waals surface area contributed by atoms with Crippen molar-refractivity contribution < 1.29 is 27.1 Å². The van der Waals surface area contributed by atoms with Crippen LogP contribution in [-0.4, -0.2) is 26.2 Å². The van der Waals surface area contributed by atoms with Crippen LogP contribution in [0.4, 0.5) is 4.39 Å². The lowest BCUT2D eigenvalue weighted by atomic mass is 9.91. The maximum absolute atomic E-state index is 13.4. The van der Waals surface area contributed by atoms with Crippen LogP contribution in [-0.2, 0) is 19.4 Å². The minimum absolute atomic E-state index is 0.0459. The highest BCUT2D eigenvalue weighted by molar-refractivity contribution is 7.90. The number of carbonyl (C=O) groups is 1. The van der Waals surface area contributed by atoms with Crippen molar-refractivity contribution in [3.8, 4) is 5.75 Å². The fraction of sp³-hybridized carbons (Fsp3) is 0.211. The lowest BCUT2D eigenvalue weighted by Crippen LogP contribution is -2.23. The third-order valence-electron chi connectivity index (χ3n) is 4.03. The number of hydrogen-bond acceptors (Lipinski definition) is 5. The Morgan fingerprint density at radius 3 is 2.44 bits per heavy atom. The molecular weight excluding hydrogens is 395 g/mol. The number of sulfone groups is 1. The van der Waals surface area contributed by atoms with Crippen molar-refractivity contribution in [2.75, 3.05) is 6.26 Å².